The second-order valence-corrected chi connectivity index (χ2v) is 11.9. The van der Waals surface area contributed by atoms with Crippen LogP contribution >= 0.6 is 23.2 Å². The molecule has 34 heavy (non-hydrogen) atoms. The number of carbonyl (C=O) groups excluding carboxylic acids is 1. The molecule has 0 aromatic heterocycles. The second kappa shape index (κ2) is 11.4. The van der Waals surface area contributed by atoms with E-state index in [1.807, 2.05) is 26.0 Å². The SMILES string of the molecule is C=C(/C(Cl)=C(\C)Cl)[C@H](C)NC(=O)Nc1ccc(S(=O)(=O)Cc2ccc(CC(C)(C)N)cc2)cc1. The number of nitrogens with two attached hydrogens (primary N) is 1. The predicted molar refractivity (Wildman–Crippen MR) is 141 cm³/mol. The highest BCUT2D eigenvalue weighted by molar-refractivity contribution is 7.90. The quantitative estimate of drug-likeness (QED) is 0.366. The van der Waals surface area contributed by atoms with Gasteiger partial charge in [-0.05, 0) is 75.1 Å². The number of allylic oxidation sites excluding steroid dienone is 1. The first-order valence-electron chi connectivity index (χ1n) is 10.7. The van der Waals surface area contributed by atoms with Crippen LogP contribution in [0.4, 0.5) is 10.5 Å². The fourth-order valence-electron chi connectivity index (χ4n) is 3.19. The number of benzene rings is 2. The van der Waals surface area contributed by atoms with E-state index in [2.05, 4.69) is 17.2 Å². The monoisotopic (exact) mass is 523 g/mol. The molecular formula is C25H31Cl2N3O3S. The standard InChI is InChI=1S/C25H31Cl2N3O3S/c1-16(23(27)17(2)26)18(3)29-24(31)30-21-10-12-22(13-11-21)34(32,33)15-20-8-6-19(7-9-20)14-25(4,5)28/h6-13,18H,1,14-15,28H2,2-5H3,(H2,29,30,31)/b23-17-/t18-/m0/s1. The zero-order chi connectivity index (χ0) is 25.7. The largest absolute Gasteiger partial charge is 0.331 e. The number of urea groups is 1. The molecule has 0 unspecified atom stereocenters. The van der Waals surface area contributed by atoms with E-state index in [1.54, 1.807) is 26.0 Å². The number of hydrogen-bond acceptors (Lipinski definition) is 4. The van der Waals surface area contributed by atoms with Crippen LogP contribution in [-0.4, -0.2) is 26.0 Å². The van der Waals surface area contributed by atoms with Crippen molar-refractivity contribution in [3.63, 3.8) is 0 Å². The molecule has 184 valence electrons. The lowest BCUT2D eigenvalue weighted by molar-refractivity contribution is 0.250. The van der Waals surface area contributed by atoms with Gasteiger partial charge in [-0.15, -0.1) is 0 Å². The van der Waals surface area contributed by atoms with Crippen LogP contribution in [0.25, 0.3) is 0 Å². The van der Waals surface area contributed by atoms with E-state index >= 15 is 0 Å². The van der Waals surface area contributed by atoms with Crippen molar-refractivity contribution in [3.05, 3.63) is 81.9 Å². The molecule has 0 aliphatic rings. The third kappa shape index (κ3) is 8.47. The van der Waals surface area contributed by atoms with E-state index in [9.17, 15) is 13.2 Å². The summed E-state index contributed by atoms with van der Waals surface area (Å²) in [5, 5.41) is 6.04. The Kier molecular flexibility index (Phi) is 9.37. The molecule has 2 aromatic carbocycles. The van der Waals surface area contributed by atoms with Gasteiger partial charge in [-0.1, -0.05) is 54.0 Å². The van der Waals surface area contributed by atoms with Gasteiger partial charge in [-0.25, -0.2) is 13.2 Å². The number of anilines is 1. The molecule has 0 saturated carbocycles. The average Bonchev–Trinajstić information content (AvgIpc) is 2.73. The summed E-state index contributed by atoms with van der Waals surface area (Å²) in [5.74, 6) is -0.125. The number of rotatable bonds is 9. The van der Waals surface area contributed by atoms with Gasteiger partial charge in [0, 0.05) is 16.3 Å². The van der Waals surface area contributed by atoms with Gasteiger partial charge in [0.15, 0.2) is 9.84 Å². The van der Waals surface area contributed by atoms with E-state index in [0.29, 0.717) is 33.3 Å². The zero-order valence-corrected chi connectivity index (χ0v) is 22.1. The number of halogens is 2. The van der Waals surface area contributed by atoms with Gasteiger partial charge >= 0.3 is 6.03 Å². The lowest BCUT2D eigenvalue weighted by Crippen LogP contribution is -2.37. The number of sulfone groups is 1. The molecule has 2 aromatic rings. The molecule has 9 heteroatoms. The van der Waals surface area contributed by atoms with Crippen molar-refractivity contribution >= 4 is 44.8 Å². The van der Waals surface area contributed by atoms with Crippen LogP contribution in [0.5, 0.6) is 0 Å². The van der Waals surface area contributed by atoms with Gasteiger partial charge in [0.05, 0.1) is 21.7 Å². The van der Waals surface area contributed by atoms with Gasteiger partial charge < -0.3 is 16.4 Å². The minimum Gasteiger partial charge on any atom is -0.331 e. The van der Waals surface area contributed by atoms with Crippen molar-refractivity contribution in [3.8, 4) is 0 Å². The molecule has 0 spiro atoms. The van der Waals surface area contributed by atoms with Crippen molar-refractivity contribution in [2.75, 3.05) is 5.32 Å². The first-order chi connectivity index (χ1) is 15.7. The fraction of sp³-hybridized carbons (Fsp3) is 0.320. The Bertz CT molecular complexity index is 1160. The Hall–Kier alpha value is -2.32. The highest BCUT2D eigenvalue weighted by Gasteiger charge is 2.18. The fourth-order valence-corrected chi connectivity index (χ4v) is 4.82. The molecule has 0 aliphatic heterocycles. The molecular weight excluding hydrogens is 493 g/mol. The van der Waals surface area contributed by atoms with Crippen LogP contribution < -0.4 is 16.4 Å². The lowest BCUT2D eigenvalue weighted by Gasteiger charge is -2.18. The van der Waals surface area contributed by atoms with E-state index in [1.165, 1.54) is 24.3 Å². The van der Waals surface area contributed by atoms with Crippen molar-refractivity contribution in [1.82, 2.24) is 5.32 Å². The molecule has 0 saturated heterocycles. The molecule has 1 atom stereocenters. The van der Waals surface area contributed by atoms with Gasteiger partial charge in [-0.2, -0.15) is 0 Å². The van der Waals surface area contributed by atoms with Crippen LogP contribution in [0.2, 0.25) is 0 Å². The Morgan fingerprint density at radius 2 is 1.59 bits per heavy atom. The maximum Gasteiger partial charge on any atom is 0.319 e. The minimum absolute atomic E-state index is 0.125. The third-order valence-corrected chi connectivity index (χ3v) is 7.48. The maximum atomic E-state index is 12.8. The number of carbonyl (C=O) groups is 1. The van der Waals surface area contributed by atoms with Crippen LogP contribution in [0, 0.1) is 0 Å². The van der Waals surface area contributed by atoms with E-state index in [4.69, 9.17) is 28.9 Å². The normalized spacial score (nSPS) is 13.6. The summed E-state index contributed by atoms with van der Waals surface area (Å²) in [6.07, 6.45) is 0.699. The summed E-state index contributed by atoms with van der Waals surface area (Å²) in [6.45, 7) is 11.1. The number of amides is 2. The summed E-state index contributed by atoms with van der Waals surface area (Å²) < 4.78 is 25.7. The number of hydrogen-bond donors (Lipinski definition) is 3. The molecule has 0 heterocycles. The summed E-state index contributed by atoms with van der Waals surface area (Å²) in [4.78, 5) is 12.4. The maximum absolute atomic E-state index is 12.8. The molecule has 0 fully saturated rings. The topological polar surface area (TPSA) is 101 Å². The van der Waals surface area contributed by atoms with Crippen LogP contribution in [0.1, 0.15) is 38.8 Å². The Labute approximate surface area is 212 Å². The molecule has 0 aliphatic carbocycles. The summed E-state index contributed by atoms with van der Waals surface area (Å²) in [7, 11) is -3.55. The van der Waals surface area contributed by atoms with E-state index in [0.717, 1.165) is 5.56 Å². The molecule has 4 N–H and O–H groups in total. The van der Waals surface area contributed by atoms with E-state index < -0.39 is 21.9 Å². The van der Waals surface area contributed by atoms with Gasteiger partial charge in [0.1, 0.15) is 0 Å². The minimum atomic E-state index is -3.55. The lowest BCUT2D eigenvalue weighted by atomic mass is 9.96. The Morgan fingerprint density at radius 3 is 2.09 bits per heavy atom. The van der Waals surface area contributed by atoms with Crippen LogP contribution in [0.3, 0.4) is 0 Å². The molecule has 2 amide bonds. The van der Waals surface area contributed by atoms with Crippen molar-refractivity contribution in [2.24, 2.45) is 5.73 Å². The summed E-state index contributed by atoms with van der Waals surface area (Å²) in [5.41, 5.74) is 8.37. The highest BCUT2D eigenvalue weighted by atomic mass is 35.5. The Balaban J connectivity index is 2.00. The van der Waals surface area contributed by atoms with Crippen molar-refractivity contribution < 1.29 is 13.2 Å². The van der Waals surface area contributed by atoms with Crippen LogP contribution in [-0.2, 0) is 22.0 Å². The van der Waals surface area contributed by atoms with Crippen molar-refractivity contribution in [1.29, 1.82) is 0 Å². The zero-order valence-electron chi connectivity index (χ0n) is 19.8. The number of nitrogens with one attached hydrogen (secondary N) is 2. The molecule has 6 nitrogen and oxygen atoms in total. The van der Waals surface area contributed by atoms with Gasteiger partial charge in [-0.3, -0.25) is 0 Å². The first kappa shape index (κ1) is 27.9. The molecule has 2 rings (SSSR count). The molecule has 0 radical (unpaired) electrons. The van der Waals surface area contributed by atoms with Crippen molar-refractivity contribution in [2.45, 2.75) is 56.3 Å². The van der Waals surface area contributed by atoms with E-state index in [-0.39, 0.29) is 16.2 Å². The van der Waals surface area contributed by atoms with Gasteiger partial charge in [0.2, 0.25) is 0 Å². The second-order valence-electron chi connectivity index (χ2n) is 8.96. The average molecular weight is 525 g/mol. The first-order valence-corrected chi connectivity index (χ1v) is 13.1. The summed E-state index contributed by atoms with van der Waals surface area (Å²) in [6, 6.07) is 12.5. The van der Waals surface area contributed by atoms with Crippen LogP contribution in [0.15, 0.2) is 75.6 Å². The third-order valence-electron chi connectivity index (χ3n) is 4.97. The predicted octanol–water partition coefficient (Wildman–Crippen LogP) is 5.72. The Morgan fingerprint density at radius 1 is 1.06 bits per heavy atom. The highest BCUT2D eigenvalue weighted by Crippen LogP contribution is 2.23. The molecule has 0 bridgehead atoms. The smallest absolute Gasteiger partial charge is 0.319 e. The van der Waals surface area contributed by atoms with Gasteiger partial charge in [0.25, 0.3) is 0 Å². The summed E-state index contributed by atoms with van der Waals surface area (Å²) >= 11 is 11.9.